The Labute approximate surface area is 286 Å². The second-order valence-corrected chi connectivity index (χ2v) is 14.5. The SMILES string of the molecule is CC(C)(c1ccc(OS(=O)(=O)c2ccc3oc([O-])c([N+]#N)c(=O)c3c2)cc1)c1ccc(OS(=O)(=O)c2ccc3oc([O-])c([N+]#N)c(=O)c3c2)cc1. The highest BCUT2D eigenvalue weighted by Crippen LogP contribution is 2.35. The van der Waals surface area contributed by atoms with Crippen molar-refractivity contribution in [3.8, 4) is 23.4 Å². The summed E-state index contributed by atoms with van der Waals surface area (Å²) in [6.07, 6.45) is 0. The van der Waals surface area contributed by atoms with Crippen LogP contribution in [-0.4, -0.2) is 16.8 Å². The first kappa shape index (κ1) is 34.1. The van der Waals surface area contributed by atoms with E-state index in [1.807, 2.05) is 13.8 Å². The van der Waals surface area contributed by atoms with Gasteiger partial charge in [0.25, 0.3) is 10.9 Å². The van der Waals surface area contributed by atoms with Crippen LogP contribution in [0.15, 0.2) is 113 Å². The third-order valence-corrected chi connectivity index (χ3v) is 10.4. The molecule has 0 atom stereocenters. The molecule has 0 saturated heterocycles. The Morgan fingerprint density at radius 3 is 1.29 bits per heavy atom. The molecular weight excluding hydrogens is 709 g/mol. The van der Waals surface area contributed by atoms with Crippen molar-refractivity contribution in [2.24, 2.45) is 0 Å². The lowest BCUT2D eigenvalue weighted by molar-refractivity contribution is -0.293. The molecule has 0 unspecified atom stereocenters. The molecule has 0 aliphatic carbocycles. The third kappa shape index (κ3) is 6.16. The molecule has 6 rings (SSSR count). The van der Waals surface area contributed by atoms with E-state index < -0.39 is 69.6 Å². The van der Waals surface area contributed by atoms with Gasteiger partial charge in [-0.1, -0.05) is 38.1 Å². The summed E-state index contributed by atoms with van der Waals surface area (Å²) < 4.78 is 72.4. The first-order valence-electron chi connectivity index (χ1n) is 14.4. The van der Waals surface area contributed by atoms with E-state index in [9.17, 15) is 36.6 Å². The molecule has 0 bridgehead atoms. The Balaban J connectivity index is 1.19. The summed E-state index contributed by atoms with van der Waals surface area (Å²) >= 11 is 0. The van der Waals surface area contributed by atoms with E-state index in [1.54, 1.807) is 24.3 Å². The van der Waals surface area contributed by atoms with Crippen molar-refractivity contribution in [3.05, 3.63) is 126 Å². The standard InChI is InChI=1S/C33H20N4O12S2/c1-33(2,17-3-7-19(8-4-17)48-50(42,43)21-11-13-25-23(15-21)29(38)27(36-34)31(40)46-25)18-5-9-20(10-6-18)49-51(44,45)22-12-14-26-24(16-22)30(39)28(37-35)32(41)47-26/h3-16H,1-2H3. The fourth-order valence-corrected chi connectivity index (χ4v) is 7.06. The lowest BCUT2D eigenvalue weighted by Gasteiger charge is -2.26. The maximum atomic E-state index is 13.0. The van der Waals surface area contributed by atoms with Crippen LogP contribution in [-0.2, 0) is 25.7 Å². The van der Waals surface area contributed by atoms with E-state index in [2.05, 4.69) is 9.95 Å². The van der Waals surface area contributed by atoms with Gasteiger partial charge in [-0.2, -0.15) is 16.8 Å². The molecule has 4 aromatic carbocycles. The fraction of sp³-hybridized carbons (Fsp3) is 0.0909. The minimum atomic E-state index is -4.47. The summed E-state index contributed by atoms with van der Waals surface area (Å²) in [7, 11) is -8.94. The first-order valence-corrected chi connectivity index (χ1v) is 17.2. The van der Waals surface area contributed by atoms with E-state index in [-0.39, 0.29) is 33.4 Å². The topological polar surface area (TPSA) is 250 Å². The monoisotopic (exact) mass is 728 g/mol. The quantitative estimate of drug-likeness (QED) is 0.150. The first-order chi connectivity index (χ1) is 24.1. The molecule has 0 spiro atoms. The zero-order valence-corrected chi connectivity index (χ0v) is 27.7. The average molecular weight is 729 g/mol. The smallest absolute Gasteiger partial charge is 0.454 e. The number of benzene rings is 4. The maximum Gasteiger partial charge on any atom is 0.454 e. The van der Waals surface area contributed by atoms with Gasteiger partial charge in [0.15, 0.2) is 21.8 Å². The summed E-state index contributed by atoms with van der Waals surface area (Å²) in [5.74, 6) is -2.48. The minimum Gasteiger partial charge on any atom is -0.573 e. The van der Waals surface area contributed by atoms with E-state index in [4.69, 9.17) is 28.0 Å². The van der Waals surface area contributed by atoms with Gasteiger partial charge in [-0.15, -0.1) is 0 Å². The Morgan fingerprint density at radius 1 is 0.608 bits per heavy atom. The minimum absolute atomic E-state index is 0.0569. The Hall–Kier alpha value is -6.76. The molecule has 256 valence electrons. The normalized spacial score (nSPS) is 11.9. The van der Waals surface area contributed by atoms with Gasteiger partial charge >= 0.3 is 31.6 Å². The van der Waals surface area contributed by atoms with Crippen molar-refractivity contribution in [2.75, 3.05) is 0 Å². The van der Waals surface area contributed by atoms with Gasteiger partial charge in [0.1, 0.15) is 21.3 Å². The predicted octanol–water partition coefficient (Wildman–Crippen LogP) is 4.88. The van der Waals surface area contributed by atoms with E-state index >= 15 is 0 Å². The van der Waals surface area contributed by atoms with Crippen molar-refractivity contribution < 1.29 is 44.2 Å². The molecule has 0 amide bonds. The molecule has 0 fully saturated rings. The Morgan fingerprint density at radius 2 is 0.961 bits per heavy atom. The number of diazo groups is 2. The lowest BCUT2D eigenvalue weighted by atomic mass is 9.78. The van der Waals surface area contributed by atoms with Crippen LogP contribution >= 0.6 is 0 Å². The highest BCUT2D eigenvalue weighted by molar-refractivity contribution is 7.87. The number of hydrogen-bond acceptors (Lipinski definition) is 14. The van der Waals surface area contributed by atoms with Gasteiger partial charge in [-0.05, 0) is 71.8 Å². The molecule has 2 aromatic heterocycles. The molecule has 0 radical (unpaired) electrons. The van der Waals surface area contributed by atoms with Crippen molar-refractivity contribution in [3.63, 3.8) is 0 Å². The highest BCUT2D eigenvalue weighted by Gasteiger charge is 2.27. The summed E-state index contributed by atoms with van der Waals surface area (Å²) in [4.78, 5) is 29.3. The van der Waals surface area contributed by atoms with Crippen molar-refractivity contribution in [1.29, 1.82) is 10.8 Å². The van der Waals surface area contributed by atoms with Crippen LogP contribution in [0.3, 0.4) is 0 Å². The van der Waals surface area contributed by atoms with Crippen molar-refractivity contribution in [2.45, 2.75) is 29.1 Å². The predicted molar refractivity (Wildman–Crippen MR) is 174 cm³/mol. The van der Waals surface area contributed by atoms with Gasteiger partial charge in [-0.25, -0.2) is 0 Å². The van der Waals surface area contributed by atoms with Crippen LogP contribution in [0.5, 0.6) is 23.4 Å². The molecule has 0 aliphatic rings. The zero-order valence-electron chi connectivity index (χ0n) is 26.1. The molecule has 2 heterocycles. The van der Waals surface area contributed by atoms with Crippen LogP contribution in [0, 0.1) is 10.8 Å². The molecule has 0 N–H and O–H groups in total. The maximum absolute atomic E-state index is 13.0. The highest BCUT2D eigenvalue weighted by atomic mass is 32.2. The van der Waals surface area contributed by atoms with Crippen molar-refractivity contribution >= 4 is 53.5 Å². The van der Waals surface area contributed by atoms with Crippen molar-refractivity contribution in [1.82, 2.24) is 0 Å². The largest absolute Gasteiger partial charge is 0.573 e. The number of nitrogens with zero attached hydrogens (tertiary/aromatic N) is 4. The Bertz CT molecular complexity index is 2640. The summed E-state index contributed by atoms with van der Waals surface area (Å²) in [6.45, 7) is 3.74. The van der Waals surface area contributed by atoms with E-state index in [0.29, 0.717) is 0 Å². The summed E-state index contributed by atoms with van der Waals surface area (Å²) in [5, 5.41) is 40.8. The molecule has 51 heavy (non-hydrogen) atoms. The lowest BCUT2D eigenvalue weighted by Crippen LogP contribution is -2.19. The van der Waals surface area contributed by atoms with Gasteiger partial charge in [0, 0.05) is 27.4 Å². The van der Waals surface area contributed by atoms with Crippen LogP contribution in [0.2, 0.25) is 0 Å². The van der Waals surface area contributed by atoms with Gasteiger partial charge in [0.2, 0.25) is 10.8 Å². The van der Waals surface area contributed by atoms with Crippen LogP contribution in [0.4, 0.5) is 11.4 Å². The molecule has 16 nitrogen and oxygen atoms in total. The second kappa shape index (κ2) is 12.3. The van der Waals surface area contributed by atoms with Crippen LogP contribution in [0.1, 0.15) is 25.0 Å². The fourth-order valence-electron chi connectivity index (χ4n) is 5.14. The molecule has 0 aliphatic heterocycles. The molecule has 6 aromatic rings. The van der Waals surface area contributed by atoms with Gasteiger partial charge in [0.05, 0.1) is 0 Å². The third-order valence-electron chi connectivity index (χ3n) is 7.95. The summed E-state index contributed by atoms with van der Waals surface area (Å²) in [5.41, 5.74) is -3.53. The number of hydrogen-bond donors (Lipinski definition) is 0. The van der Waals surface area contributed by atoms with Gasteiger partial charge in [-0.3, -0.25) is 9.59 Å². The van der Waals surface area contributed by atoms with E-state index in [1.165, 1.54) is 24.3 Å². The Kier molecular flexibility index (Phi) is 8.22. The number of fused-ring (bicyclic) bond motifs is 2. The zero-order chi connectivity index (χ0) is 36.9. The van der Waals surface area contributed by atoms with Crippen LogP contribution in [0.25, 0.3) is 31.9 Å². The second-order valence-electron chi connectivity index (χ2n) is 11.4. The summed E-state index contributed by atoms with van der Waals surface area (Å²) in [6, 6.07) is 18.4. The molecule has 18 heteroatoms. The van der Waals surface area contributed by atoms with E-state index in [0.717, 1.165) is 47.5 Å². The number of rotatable bonds is 8. The van der Waals surface area contributed by atoms with Gasteiger partial charge < -0.3 is 27.4 Å². The molecular formula is C33H20N4O12S2. The average Bonchev–Trinajstić information content (AvgIpc) is 3.08. The van der Waals surface area contributed by atoms with Crippen LogP contribution < -0.4 is 29.4 Å². The molecule has 0 saturated carbocycles.